The molecule has 0 aliphatic rings. The quantitative estimate of drug-likeness (QED) is 0.802. The van der Waals surface area contributed by atoms with Crippen LogP contribution in [0, 0.1) is 20.8 Å². The number of carbonyl (C=O) groups excluding carboxylic acids is 1. The van der Waals surface area contributed by atoms with E-state index in [0.717, 1.165) is 28.1 Å². The topological polar surface area (TPSA) is 52.1 Å². The molecule has 2 rings (SSSR count). The molecule has 2 aromatic rings. The first kappa shape index (κ1) is 14.2. The van der Waals surface area contributed by atoms with Gasteiger partial charge in [-0.05, 0) is 38.5 Å². The van der Waals surface area contributed by atoms with E-state index in [-0.39, 0.29) is 12.2 Å². The van der Waals surface area contributed by atoms with Gasteiger partial charge in [-0.25, -0.2) is 0 Å². The molecule has 0 aliphatic heterocycles. The standard InChI is InChI=1S/C16H18N2O2/c1-10-5-6-17-14(7-10)15(19)8-13-12(3)16(20-4)11(2)9-18-13/h5-7,9H,8H2,1-4H3. The molecule has 0 aliphatic carbocycles. The van der Waals surface area contributed by atoms with Gasteiger partial charge in [0.2, 0.25) is 0 Å². The van der Waals surface area contributed by atoms with Gasteiger partial charge in [-0.1, -0.05) is 0 Å². The highest BCUT2D eigenvalue weighted by Crippen LogP contribution is 2.24. The molecule has 4 heteroatoms. The van der Waals surface area contributed by atoms with Crippen LogP contribution in [0.25, 0.3) is 0 Å². The van der Waals surface area contributed by atoms with E-state index in [0.29, 0.717) is 5.69 Å². The second kappa shape index (κ2) is 5.82. The van der Waals surface area contributed by atoms with Gasteiger partial charge >= 0.3 is 0 Å². The van der Waals surface area contributed by atoms with E-state index < -0.39 is 0 Å². The zero-order chi connectivity index (χ0) is 14.7. The lowest BCUT2D eigenvalue weighted by atomic mass is 10.0. The third-order valence-corrected chi connectivity index (χ3v) is 3.28. The summed E-state index contributed by atoms with van der Waals surface area (Å²) in [4.78, 5) is 20.7. The van der Waals surface area contributed by atoms with Crippen LogP contribution in [0.4, 0.5) is 0 Å². The van der Waals surface area contributed by atoms with E-state index in [4.69, 9.17) is 4.74 Å². The Morgan fingerprint density at radius 1 is 1.25 bits per heavy atom. The molecule has 2 heterocycles. The summed E-state index contributed by atoms with van der Waals surface area (Å²) in [6, 6.07) is 3.66. The Morgan fingerprint density at radius 2 is 2.00 bits per heavy atom. The van der Waals surface area contributed by atoms with Gasteiger partial charge in [0, 0.05) is 23.5 Å². The molecular formula is C16H18N2O2. The number of ketones is 1. The van der Waals surface area contributed by atoms with Crippen LogP contribution in [-0.2, 0) is 6.42 Å². The maximum Gasteiger partial charge on any atom is 0.187 e. The lowest BCUT2D eigenvalue weighted by Gasteiger charge is -2.11. The number of aromatic nitrogens is 2. The van der Waals surface area contributed by atoms with E-state index in [1.807, 2.05) is 26.8 Å². The van der Waals surface area contributed by atoms with Crippen LogP contribution in [-0.4, -0.2) is 22.9 Å². The van der Waals surface area contributed by atoms with Gasteiger partial charge in [-0.2, -0.15) is 0 Å². The summed E-state index contributed by atoms with van der Waals surface area (Å²) in [5.41, 5.74) is 4.12. The lowest BCUT2D eigenvalue weighted by Crippen LogP contribution is -2.10. The van der Waals surface area contributed by atoms with E-state index in [9.17, 15) is 4.79 Å². The summed E-state index contributed by atoms with van der Waals surface area (Å²) in [6.45, 7) is 5.80. The fraction of sp³-hybridized carbons (Fsp3) is 0.312. The number of pyridine rings is 2. The molecule has 0 spiro atoms. The van der Waals surface area contributed by atoms with Crippen LogP contribution in [0.3, 0.4) is 0 Å². The van der Waals surface area contributed by atoms with Gasteiger partial charge in [0.1, 0.15) is 11.4 Å². The Balaban J connectivity index is 2.29. The van der Waals surface area contributed by atoms with Gasteiger partial charge in [-0.15, -0.1) is 0 Å². The first-order valence-electron chi connectivity index (χ1n) is 6.48. The molecule has 0 bridgehead atoms. The minimum Gasteiger partial charge on any atom is -0.496 e. The normalized spacial score (nSPS) is 10.4. The number of hydrogen-bond acceptors (Lipinski definition) is 4. The minimum absolute atomic E-state index is 0.0322. The predicted octanol–water partition coefficient (Wildman–Crippen LogP) is 2.84. The van der Waals surface area contributed by atoms with Crippen molar-refractivity contribution in [3.8, 4) is 5.75 Å². The van der Waals surface area contributed by atoms with Gasteiger partial charge in [0.25, 0.3) is 0 Å². The second-order valence-corrected chi connectivity index (χ2v) is 4.86. The van der Waals surface area contributed by atoms with Gasteiger partial charge < -0.3 is 4.74 Å². The summed E-state index contributed by atoms with van der Waals surface area (Å²) in [5.74, 6) is 0.759. The molecule has 0 amide bonds. The van der Waals surface area contributed by atoms with Crippen LogP contribution in [0.1, 0.15) is 32.9 Å². The molecule has 4 nitrogen and oxygen atoms in total. The summed E-state index contributed by atoms with van der Waals surface area (Å²) in [6.07, 6.45) is 3.62. The van der Waals surface area contributed by atoms with Crippen molar-refractivity contribution in [2.24, 2.45) is 0 Å². The molecule has 20 heavy (non-hydrogen) atoms. The van der Waals surface area contributed by atoms with Crippen LogP contribution >= 0.6 is 0 Å². The zero-order valence-corrected chi connectivity index (χ0v) is 12.2. The molecule has 0 atom stereocenters. The van der Waals surface area contributed by atoms with Crippen molar-refractivity contribution in [3.63, 3.8) is 0 Å². The van der Waals surface area contributed by atoms with Crippen LogP contribution in [0.5, 0.6) is 5.75 Å². The smallest absolute Gasteiger partial charge is 0.187 e. The Morgan fingerprint density at radius 3 is 2.65 bits per heavy atom. The highest BCUT2D eigenvalue weighted by molar-refractivity contribution is 5.95. The van der Waals surface area contributed by atoms with Gasteiger partial charge in [0.15, 0.2) is 5.78 Å². The maximum absolute atomic E-state index is 12.3. The largest absolute Gasteiger partial charge is 0.496 e. The summed E-state index contributed by atoms with van der Waals surface area (Å²) in [5, 5.41) is 0. The zero-order valence-electron chi connectivity index (χ0n) is 12.2. The number of aryl methyl sites for hydroxylation is 2. The highest BCUT2D eigenvalue weighted by Gasteiger charge is 2.15. The fourth-order valence-corrected chi connectivity index (χ4v) is 2.18. The number of nitrogens with zero attached hydrogens (tertiary/aromatic N) is 2. The molecule has 0 aromatic carbocycles. The van der Waals surface area contributed by atoms with E-state index in [2.05, 4.69) is 9.97 Å². The van der Waals surface area contributed by atoms with Crippen molar-refractivity contribution in [2.75, 3.05) is 7.11 Å². The third-order valence-electron chi connectivity index (χ3n) is 3.28. The average Bonchev–Trinajstić information content (AvgIpc) is 2.42. The van der Waals surface area contributed by atoms with Crippen molar-refractivity contribution < 1.29 is 9.53 Å². The van der Waals surface area contributed by atoms with Crippen molar-refractivity contribution in [1.29, 1.82) is 0 Å². The predicted molar refractivity (Wildman–Crippen MR) is 77.3 cm³/mol. The second-order valence-electron chi connectivity index (χ2n) is 4.86. The number of carbonyl (C=O) groups is 1. The number of hydrogen-bond donors (Lipinski definition) is 0. The molecule has 0 saturated carbocycles. The SMILES string of the molecule is COc1c(C)cnc(CC(=O)c2cc(C)ccn2)c1C. The monoisotopic (exact) mass is 270 g/mol. The van der Waals surface area contributed by atoms with Crippen molar-refractivity contribution in [1.82, 2.24) is 9.97 Å². The summed E-state index contributed by atoms with van der Waals surface area (Å²) < 4.78 is 5.36. The number of methoxy groups -OCH3 is 1. The number of ether oxygens (including phenoxy) is 1. The first-order chi connectivity index (χ1) is 9.52. The maximum atomic E-state index is 12.3. The van der Waals surface area contributed by atoms with E-state index in [1.165, 1.54) is 0 Å². The number of rotatable bonds is 4. The van der Waals surface area contributed by atoms with E-state index >= 15 is 0 Å². The van der Waals surface area contributed by atoms with Gasteiger partial charge in [-0.3, -0.25) is 14.8 Å². The minimum atomic E-state index is -0.0322. The fourth-order valence-electron chi connectivity index (χ4n) is 2.18. The van der Waals surface area contributed by atoms with Crippen LogP contribution < -0.4 is 4.74 Å². The van der Waals surface area contributed by atoms with Crippen LogP contribution in [0.15, 0.2) is 24.5 Å². The molecule has 0 N–H and O–H groups in total. The number of Topliss-reactive ketones (excluding diaryl/α,β-unsaturated/α-hetero) is 1. The molecular weight excluding hydrogens is 252 g/mol. The summed E-state index contributed by atoms with van der Waals surface area (Å²) >= 11 is 0. The molecule has 0 radical (unpaired) electrons. The Bertz CT molecular complexity index is 651. The van der Waals surface area contributed by atoms with Crippen molar-refractivity contribution in [2.45, 2.75) is 27.2 Å². The average molecular weight is 270 g/mol. The van der Waals surface area contributed by atoms with Crippen LogP contribution in [0.2, 0.25) is 0 Å². The first-order valence-corrected chi connectivity index (χ1v) is 6.48. The van der Waals surface area contributed by atoms with Crippen molar-refractivity contribution in [3.05, 3.63) is 52.6 Å². The molecule has 104 valence electrons. The Labute approximate surface area is 118 Å². The molecule has 0 unspecified atom stereocenters. The Hall–Kier alpha value is -2.23. The van der Waals surface area contributed by atoms with E-state index in [1.54, 1.807) is 25.6 Å². The van der Waals surface area contributed by atoms with Gasteiger partial charge in [0.05, 0.1) is 19.2 Å². The molecule has 2 aromatic heterocycles. The molecule has 0 saturated heterocycles. The highest BCUT2D eigenvalue weighted by atomic mass is 16.5. The lowest BCUT2D eigenvalue weighted by molar-refractivity contribution is 0.0987. The Kier molecular flexibility index (Phi) is 4.13. The third kappa shape index (κ3) is 2.85. The molecule has 0 fully saturated rings. The van der Waals surface area contributed by atoms with Crippen molar-refractivity contribution >= 4 is 5.78 Å². The summed E-state index contributed by atoms with van der Waals surface area (Å²) in [7, 11) is 1.63.